The Morgan fingerprint density at radius 3 is 2.21 bits per heavy atom. The van der Waals surface area contributed by atoms with Crippen molar-refractivity contribution in [3.05, 3.63) is 35.4 Å². The molecule has 0 bridgehead atoms. The van der Waals surface area contributed by atoms with Gasteiger partial charge in [0.25, 0.3) is 11.8 Å². The third-order valence-corrected chi connectivity index (χ3v) is 4.50. The van der Waals surface area contributed by atoms with E-state index in [0.717, 1.165) is 26.1 Å². The van der Waals surface area contributed by atoms with Gasteiger partial charge < -0.3 is 9.74 Å². The predicted octanol–water partition coefficient (Wildman–Crippen LogP) is 2.40. The molecule has 0 unspecified atom stereocenters. The highest BCUT2D eigenvalue weighted by Gasteiger charge is 2.38. The molecule has 2 aliphatic heterocycles. The molecule has 0 N–H and O–H groups in total. The summed E-state index contributed by atoms with van der Waals surface area (Å²) in [5.41, 5.74) is 0.556. The minimum absolute atomic E-state index is 0.210. The molecule has 0 spiro atoms. The smallest absolute Gasteiger partial charge is 0.330 e. The molecule has 1 fully saturated rings. The Bertz CT molecular complexity index is 603. The van der Waals surface area contributed by atoms with E-state index in [1.54, 1.807) is 24.3 Å². The molecule has 6 nitrogen and oxygen atoms in total. The van der Waals surface area contributed by atoms with E-state index in [0.29, 0.717) is 11.5 Å². The van der Waals surface area contributed by atoms with Crippen molar-refractivity contribution in [1.82, 2.24) is 9.96 Å². The first-order valence-electron chi connectivity index (χ1n) is 8.58. The second-order valence-electron chi connectivity index (χ2n) is 6.27. The summed E-state index contributed by atoms with van der Waals surface area (Å²) in [6, 6.07) is 6.47. The Morgan fingerprint density at radius 1 is 0.958 bits per heavy atom. The summed E-state index contributed by atoms with van der Waals surface area (Å²) in [5.74, 6) is -1.68. The van der Waals surface area contributed by atoms with Gasteiger partial charge in [-0.05, 0) is 57.5 Å². The fraction of sp³-hybridized carbons (Fsp3) is 0.500. The maximum Gasteiger partial charge on any atom is 0.333 e. The molecule has 0 atom stereocenters. The molecule has 0 radical (unpaired) electrons. The quantitative estimate of drug-likeness (QED) is 0.592. The van der Waals surface area contributed by atoms with Crippen LogP contribution in [0, 0.1) is 0 Å². The second-order valence-corrected chi connectivity index (χ2v) is 6.27. The average molecular weight is 330 g/mol. The van der Waals surface area contributed by atoms with Gasteiger partial charge in [-0.15, -0.1) is 0 Å². The molecular formula is C18H22N2O4. The molecule has 2 heterocycles. The molecular weight excluding hydrogens is 308 g/mol. The van der Waals surface area contributed by atoms with Crippen LogP contribution in [0.2, 0.25) is 0 Å². The first kappa shape index (κ1) is 16.6. The third-order valence-electron chi connectivity index (χ3n) is 4.50. The van der Waals surface area contributed by atoms with E-state index >= 15 is 0 Å². The minimum atomic E-state index is -0.572. The number of carbonyl (C=O) groups is 3. The van der Waals surface area contributed by atoms with Gasteiger partial charge in [0.1, 0.15) is 0 Å². The molecule has 2 aliphatic rings. The van der Waals surface area contributed by atoms with Crippen LogP contribution in [0.25, 0.3) is 0 Å². The van der Waals surface area contributed by atoms with E-state index in [1.165, 1.54) is 19.3 Å². The highest BCUT2D eigenvalue weighted by Crippen LogP contribution is 2.23. The Kier molecular flexibility index (Phi) is 5.25. The fourth-order valence-electron chi connectivity index (χ4n) is 3.19. The molecule has 1 aromatic carbocycles. The number of hydroxylamine groups is 2. The zero-order valence-electron chi connectivity index (χ0n) is 13.7. The number of amides is 2. The van der Waals surface area contributed by atoms with Crippen LogP contribution in [0.15, 0.2) is 24.3 Å². The number of rotatable bonds is 6. The van der Waals surface area contributed by atoms with Crippen LogP contribution in [0.3, 0.4) is 0 Å². The number of hydrogen-bond acceptors (Lipinski definition) is 5. The average Bonchev–Trinajstić information content (AvgIpc) is 2.85. The van der Waals surface area contributed by atoms with Crippen molar-refractivity contribution < 1.29 is 19.2 Å². The lowest BCUT2D eigenvalue weighted by atomic mass is 10.1. The molecule has 1 saturated heterocycles. The summed E-state index contributed by atoms with van der Waals surface area (Å²) in [6.07, 6.45) is 5.63. The highest BCUT2D eigenvalue weighted by molar-refractivity contribution is 6.20. The molecule has 2 amide bonds. The SMILES string of the molecule is O=C(CCCCN1CCCCC1)ON1C(=O)c2ccccc2C1=O. The van der Waals surface area contributed by atoms with Gasteiger partial charge in [0.05, 0.1) is 11.1 Å². The molecule has 0 saturated carbocycles. The van der Waals surface area contributed by atoms with Gasteiger partial charge in [-0.25, -0.2) is 4.79 Å². The Morgan fingerprint density at radius 2 is 1.58 bits per heavy atom. The monoisotopic (exact) mass is 330 g/mol. The summed E-state index contributed by atoms with van der Waals surface area (Å²) in [4.78, 5) is 43.5. The van der Waals surface area contributed by atoms with E-state index in [4.69, 9.17) is 4.84 Å². The van der Waals surface area contributed by atoms with Crippen LogP contribution in [0.5, 0.6) is 0 Å². The number of imide groups is 1. The van der Waals surface area contributed by atoms with Crippen molar-refractivity contribution in [2.45, 2.75) is 38.5 Å². The molecule has 24 heavy (non-hydrogen) atoms. The first-order valence-corrected chi connectivity index (χ1v) is 8.58. The van der Waals surface area contributed by atoms with Crippen molar-refractivity contribution in [3.63, 3.8) is 0 Å². The van der Waals surface area contributed by atoms with Crippen LogP contribution >= 0.6 is 0 Å². The van der Waals surface area contributed by atoms with Gasteiger partial charge in [-0.1, -0.05) is 23.6 Å². The number of fused-ring (bicyclic) bond motifs is 1. The van der Waals surface area contributed by atoms with Crippen LogP contribution in [-0.4, -0.2) is 47.4 Å². The normalized spacial score (nSPS) is 17.9. The summed E-state index contributed by atoms with van der Waals surface area (Å²) in [5, 5.41) is 0.581. The molecule has 128 valence electrons. The summed E-state index contributed by atoms with van der Waals surface area (Å²) in [6.45, 7) is 3.26. The molecule has 0 aromatic heterocycles. The van der Waals surface area contributed by atoms with E-state index in [1.807, 2.05) is 0 Å². The zero-order valence-corrected chi connectivity index (χ0v) is 13.7. The molecule has 3 rings (SSSR count). The fourth-order valence-corrected chi connectivity index (χ4v) is 3.19. The van der Waals surface area contributed by atoms with Crippen LogP contribution in [0.1, 0.15) is 59.2 Å². The number of hydrogen-bond donors (Lipinski definition) is 0. The van der Waals surface area contributed by atoms with Gasteiger partial charge in [0.2, 0.25) is 0 Å². The first-order chi connectivity index (χ1) is 11.7. The lowest BCUT2D eigenvalue weighted by Crippen LogP contribution is -2.33. The van der Waals surface area contributed by atoms with E-state index in [2.05, 4.69) is 4.90 Å². The number of carbonyl (C=O) groups excluding carboxylic acids is 3. The van der Waals surface area contributed by atoms with E-state index in [-0.39, 0.29) is 17.5 Å². The van der Waals surface area contributed by atoms with Crippen molar-refractivity contribution in [1.29, 1.82) is 0 Å². The summed E-state index contributed by atoms with van der Waals surface area (Å²) >= 11 is 0. The summed E-state index contributed by atoms with van der Waals surface area (Å²) < 4.78 is 0. The summed E-state index contributed by atoms with van der Waals surface area (Å²) in [7, 11) is 0. The van der Waals surface area contributed by atoms with Crippen LogP contribution in [-0.2, 0) is 9.63 Å². The lowest BCUT2D eigenvalue weighted by Gasteiger charge is -2.26. The number of nitrogens with zero attached hydrogens (tertiary/aromatic N) is 2. The van der Waals surface area contributed by atoms with Gasteiger partial charge in [0, 0.05) is 6.42 Å². The highest BCUT2D eigenvalue weighted by atomic mass is 16.7. The van der Waals surface area contributed by atoms with E-state index < -0.39 is 17.8 Å². The second kappa shape index (κ2) is 7.57. The lowest BCUT2D eigenvalue weighted by molar-refractivity contribution is -0.168. The largest absolute Gasteiger partial charge is 0.333 e. The maximum absolute atomic E-state index is 12.1. The Hall–Kier alpha value is -2.21. The van der Waals surface area contributed by atoms with Crippen molar-refractivity contribution in [2.24, 2.45) is 0 Å². The number of benzene rings is 1. The topological polar surface area (TPSA) is 66.9 Å². The van der Waals surface area contributed by atoms with Crippen molar-refractivity contribution >= 4 is 17.8 Å². The zero-order chi connectivity index (χ0) is 16.9. The number of unbranched alkanes of at least 4 members (excludes halogenated alkanes) is 1. The maximum atomic E-state index is 12.1. The molecule has 1 aromatic rings. The Labute approximate surface area is 141 Å². The van der Waals surface area contributed by atoms with E-state index in [9.17, 15) is 14.4 Å². The third kappa shape index (κ3) is 3.64. The number of likely N-dealkylation sites (tertiary alicyclic amines) is 1. The Balaban J connectivity index is 1.42. The predicted molar refractivity (Wildman–Crippen MR) is 87.2 cm³/mol. The van der Waals surface area contributed by atoms with Crippen molar-refractivity contribution in [2.75, 3.05) is 19.6 Å². The number of piperidine rings is 1. The standard InChI is InChI=1S/C18H22N2O4/c21-16(10-4-7-13-19-11-5-1-6-12-19)24-20-17(22)14-8-2-3-9-15(14)18(20)23/h2-3,8-9H,1,4-7,10-13H2. The van der Waals surface area contributed by atoms with Gasteiger partial charge >= 0.3 is 5.97 Å². The van der Waals surface area contributed by atoms with Crippen LogP contribution in [0.4, 0.5) is 0 Å². The van der Waals surface area contributed by atoms with Crippen LogP contribution < -0.4 is 0 Å². The van der Waals surface area contributed by atoms with Gasteiger partial charge in [-0.2, -0.15) is 0 Å². The molecule has 6 heteroatoms. The van der Waals surface area contributed by atoms with Gasteiger partial charge in [0.15, 0.2) is 0 Å². The minimum Gasteiger partial charge on any atom is -0.330 e. The van der Waals surface area contributed by atoms with Gasteiger partial charge in [-0.3, -0.25) is 9.59 Å². The molecule has 0 aliphatic carbocycles. The van der Waals surface area contributed by atoms with Crippen molar-refractivity contribution in [3.8, 4) is 0 Å².